The Kier molecular flexibility index (Phi) is 6.01. The Bertz CT molecular complexity index is 1160. The van der Waals surface area contributed by atoms with Crippen molar-refractivity contribution in [3.63, 3.8) is 0 Å². The van der Waals surface area contributed by atoms with Crippen molar-refractivity contribution < 1.29 is 9.90 Å². The summed E-state index contributed by atoms with van der Waals surface area (Å²) >= 11 is 0. The van der Waals surface area contributed by atoms with Crippen LogP contribution in [0.15, 0.2) is 54.6 Å². The highest BCUT2D eigenvalue weighted by Crippen LogP contribution is 2.55. The molecule has 1 heterocycles. The minimum atomic E-state index is -0.860. The molecule has 0 amide bonds. The molecule has 0 aromatic heterocycles. The second kappa shape index (κ2) is 8.95. The molecule has 1 saturated carbocycles. The van der Waals surface area contributed by atoms with Crippen LogP contribution in [0, 0.1) is 19.3 Å². The number of nitrogens with one attached hydrogen (secondary N) is 1. The Hall–Kier alpha value is -2.65. The third-order valence-corrected chi connectivity index (χ3v) is 8.31. The van der Waals surface area contributed by atoms with Crippen molar-refractivity contribution in [2.24, 2.45) is 5.41 Å². The van der Waals surface area contributed by atoms with Crippen molar-refractivity contribution >= 4 is 16.7 Å². The lowest BCUT2D eigenvalue weighted by molar-refractivity contribution is 0.0697. The van der Waals surface area contributed by atoms with Gasteiger partial charge in [-0.3, -0.25) is 0 Å². The molecule has 3 heteroatoms. The fraction of sp³-hybridized carbons (Fsp3) is 0.433. The molecule has 0 radical (unpaired) electrons. The summed E-state index contributed by atoms with van der Waals surface area (Å²) in [7, 11) is 0. The molecule has 2 atom stereocenters. The number of hydrogen-bond donors (Lipinski definition) is 2. The highest BCUT2D eigenvalue weighted by atomic mass is 16.4. The first kappa shape index (κ1) is 22.2. The van der Waals surface area contributed by atoms with E-state index in [0.717, 1.165) is 6.42 Å². The number of fused-ring (bicyclic) bond motifs is 1. The monoisotopic (exact) mass is 441 g/mol. The molecule has 0 bridgehead atoms. The largest absolute Gasteiger partial charge is 0.478 e. The first-order chi connectivity index (χ1) is 16.0. The van der Waals surface area contributed by atoms with Gasteiger partial charge in [0.05, 0.1) is 5.56 Å². The zero-order chi connectivity index (χ0) is 23.0. The fourth-order valence-electron chi connectivity index (χ4n) is 6.42. The number of benzene rings is 3. The van der Waals surface area contributed by atoms with E-state index in [1.54, 1.807) is 12.1 Å². The van der Waals surface area contributed by atoms with Gasteiger partial charge in [-0.15, -0.1) is 0 Å². The maximum absolute atomic E-state index is 11.4. The quantitative estimate of drug-likeness (QED) is 0.438. The summed E-state index contributed by atoms with van der Waals surface area (Å²) in [5, 5.41) is 16.1. The number of hydrogen-bond acceptors (Lipinski definition) is 2. The Morgan fingerprint density at radius 3 is 2.09 bits per heavy atom. The average Bonchev–Trinajstić information content (AvgIpc) is 3.19. The standard InChI is InChI=1S/C30H35NO2/c1-20-8-9-21(2)26-18-24(14-15-25(20)26)27-19-30(16-6-4-3-5-7-17-30)28(31-27)22-10-12-23(13-11-22)29(32)33/h8-15,18,27-28,31H,3-7,16-17,19H2,1-2H3,(H,32,33). The van der Waals surface area contributed by atoms with Crippen molar-refractivity contribution in [3.8, 4) is 0 Å². The molecule has 1 saturated heterocycles. The number of aryl methyl sites for hydroxylation is 2. The van der Waals surface area contributed by atoms with Crippen LogP contribution >= 0.6 is 0 Å². The van der Waals surface area contributed by atoms with Gasteiger partial charge in [0, 0.05) is 12.1 Å². The normalized spacial score (nSPS) is 22.8. The third-order valence-electron chi connectivity index (χ3n) is 8.31. The molecule has 5 rings (SSSR count). The van der Waals surface area contributed by atoms with Crippen LogP contribution in [-0.4, -0.2) is 11.1 Å². The molecule has 2 aliphatic rings. The van der Waals surface area contributed by atoms with E-state index in [4.69, 9.17) is 0 Å². The van der Waals surface area contributed by atoms with E-state index in [0.29, 0.717) is 11.6 Å². The molecule has 3 aromatic rings. The molecular formula is C30H35NO2. The van der Waals surface area contributed by atoms with Crippen LogP contribution in [0.25, 0.3) is 10.8 Å². The maximum atomic E-state index is 11.4. The van der Waals surface area contributed by atoms with Crippen LogP contribution in [0.2, 0.25) is 0 Å². The first-order valence-corrected chi connectivity index (χ1v) is 12.6. The van der Waals surface area contributed by atoms with E-state index < -0.39 is 5.97 Å². The maximum Gasteiger partial charge on any atom is 0.335 e. The van der Waals surface area contributed by atoms with Gasteiger partial charge < -0.3 is 10.4 Å². The van der Waals surface area contributed by atoms with Crippen molar-refractivity contribution in [1.82, 2.24) is 5.32 Å². The van der Waals surface area contributed by atoms with E-state index >= 15 is 0 Å². The second-order valence-corrected chi connectivity index (χ2v) is 10.4. The van der Waals surface area contributed by atoms with Gasteiger partial charge >= 0.3 is 5.97 Å². The Morgan fingerprint density at radius 2 is 1.42 bits per heavy atom. The van der Waals surface area contributed by atoms with Crippen LogP contribution in [0.5, 0.6) is 0 Å². The number of rotatable bonds is 3. The molecule has 33 heavy (non-hydrogen) atoms. The smallest absolute Gasteiger partial charge is 0.335 e. The van der Waals surface area contributed by atoms with Gasteiger partial charge in [-0.2, -0.15) is 0 Å². The molecular weight excluding hydrogens is 406 g/mol. The Morgan fingerprint density at radius 1 is 0.818 bits per heavy atom. The summed E-state index contributed by atoms with van der Waals surface area (Å²) in [6.07, 6.45) is 10.2. The van der Waals surface area contributed by atoms with Gasteiger partial charge in [0.2, 0.25) is 0 Å². The molecule has 3 aromatic carbocycles. The van der Waals surface area contributed by atoms with Crippen LogP contribution in [0.1, 0.15) is 96.1 Å². The van der Waals surface area contributed by atoms with Gasteiger partial charge in [-0.05, 0) is 89.8 Å². The first-order valence-electron chi connectivity index (χ1n) is 12.6. The second-order valence-electron chi connectivity index (χ2n) is 10.4. The van der Waals surface area contributed by atoms with Gasteiger partial charge in [0.1, 0.15) is 0 Å². The predicted octanol–water partition coefficient (Wildman–Crippen LogP) is 7.66. The summed E-state index contributed by atoms with van der Waals surface area (Å²) in [6.45, 7) is 4.40. The molecule has 2 N–H and O–H groups in total. The zero-order valence-corrected chi connectivity index (χ0v) is 19.9. The Balaban J connectivity index is 1.53. The minimum absolute atomic E-state index is 0.229. The summed E-state index contributed by atoms with van der Waals surface area (Å²) in [6, 6.07) is 19.7. The van der Waals surface area contributed by atoms with Crippen molar-refractivity contribution in [2.75, 3.05) is 0 Å². The zero-order valence-electron chi connectivity index (χ0n) is 19.9. The summed E-state index contributed by atoms with van der Waals surface area (Å²) < 4.78 is 0. The molecule has 3 nitrogen and oxygen atoms in total. The van der Waals surface area contributed by atoms with Gasteiger partial charge in [0.25, 0.3) is 0 Å². The SMILES string of the molecule is Cc1ccc(C)c2cc(C3CC4(CCCCCCC4)C(c4ccc(C(=O)O)cc4)N3)ccc12. The van der Waals surface area contributed by atoms with E-state index in [1.807, 2.05) is 12.1 Å². The minimum Gasteiger partial charge on any atom is -0.478 e. The average molecular weight is 442 g/mol. The van der Waals surface area contributed by atoms with E-state index in [2.05, 4.69) is 49.5 Å². The summed E-state index contributed by atoms with van der Waals surface area (Å²) in [4.78, 5) is 11.4. The highest BCUT2D eigenvalue weighted by Gasteiger charge is 2.47. The van der Waals surface area contributed by atoms with Crippen molar-refractivity contribution in [3.05, 3.63) is 82.4 Å². The lowest BCUT2D eigenvalue weighted by atomic mass is 9.68. The van der Waals surface area contributed by atoms with E-state index in [9.17, 15) is 9.90 Å². The van der Waals surface area contributed by atoms with Crippen molar-refractivity contribution in [2.45, 2.75) is 77.3 Å². The van der Waals surface area contributed by atoms with Gasteiger partial charge in [0.15, 0.2) is 0 Å². The Labute approximate surface area is 197 Å². The van der Waals surface area contributed by atoms with Crippen LogP contribution < -0.4 is 5.32 Å². The molecule has 1 aliphatic carbocycles. The van der Waals surface area contributed by atoms with Crippen LogP contribution in [0.4, 0.5) is 0 Å². The van der Waals surface area contributed by atoms with Gasteiger partial charge in [-0.25, -0.2) is 4.79 Å². The van der Waals surface area contributed by atoms with Crippen LogP contribution in [-0.2, 0) is 0 Å². The van der Waals surface area contributed by atoms with Crippen LogP contribution in [0.3, 0.4) is 0 Å². The number of carboxylic acid groups (broad SMARTS) is 1. The number of carboxylic acids is 1. The number of aromatic carboxylic acids is 1. The lowest BCUT2D eigenvalue weighted by Gasteiger charge is -2.37. The third kappa shape index (κ3) is 4.19. The number of carbonyl (C=O) groups is 1. The predicted molar refractivity (Wildman–Crippen MR) is 135 cm³/mol. The lowest BCUT2D eigenvalue weighted by Crippen LogP contribution is -2.30. The molecule has 2 fully saturated rings. The topological polar surface area (TPSA) is 49.3 Å². The molecule has 172 valence electrons. The molecule has 1 aliphatic heterocycles. The summed E-state index contributed by atoms with van der Waals surface area (Å²) in [5.41, 5.74) is 5.86. The van der Waals surface area contributed by atoms with Gasteiger partial charge in [-0.1, -0.05) is 68.5 Å². The summed E-state index contributed by atoms with van der Waals surface area (Å²) in [5.74, 6) is -0.860. The fourth-order valence-corrected chi connectivity index (χ4v) is 6.42. The van der Waals surface area contributed by atoms with E-state index in [-0.39, 0.29) is 11.5 Å². The molecule has 1 spiro atoms. The van der Waals surface area contributed by atoms with Crippen molar-refractivity contribution in [1.29, 1.82) is 0 Å². The van der Waals surface area contributed by atoms with E-state index in [1.165, 1.54) is 78.0 Å². The molecule has 2 unspecified atom stereocenters. The highest BCUT2D eigenvalue weighted by molar-refractivity contribution is 5.89.